The molecule has 2 aliphatic heterocycles. The largest absolute Gasteiger partial charge is 0.375 e. The molecule has 4 heteroatoms. The van der Waals surface area contributed by atoms with Gasteiger partial charge >= 0.3 is 0 Å². The second-order valence-corrected chi connectivity index (χ2v) is 6.02. The summed E-state index contributed by atoms with van der Waals surface area (Å²) in [6.07, 6.45) is 3.87. The summed E-state index contributed by atoms with van der Waals surface area (Å²) >= 11 is 0. The first kappa shape index (κ1) is 13.9. The van der Waals surface area contributed by atoms with Gasteiger partial charge in [-0.25, -0.2) is 0 Å². The van der Waals surface area contributed by atoms with Crippen molar-refractivity contribution < 1.29 is 4.74 Å². The molecule has 0 aliphatic carbocycles. The Labute approximate surface area is 131 Å². The van der Waals surface area contributed by atoms with Crippen LogP contribution in [-0.4, -0.2) is 36.1 Å². The number of hydrogen-bond acceptors (Lipinski definition) is 4. The highest BCUT2D eigenvalue weighted by Gasteiger charge is 2.30. The zero-order chi connectivity index (χ0) is 14.8. The number of nitrogens with one attached hydrogen (secondary N) is 1. The fraction of sp³-hybridized carbons (Fsp3) is 0.389. The fourth-order valence-electron chi connectivity index (χ4n) is 3.50. The Balaban J connectivity index is 1.56. The molecule has 114 valence electrons. The molecule has 0 radical (unpaired) electrons. The maximum absolute atomic E-state index is 5.81. The molecule has 3 heterocycles. The van der Waals surface area contributed by atoms with Gasteiger partial charge in [-0.2, -0.15) is 0 Å². The summed E-state index contributed by atoms with van der Waals surface area (Å²) < 4.78 is 5.81. The van der Waals surface area contributed by atoms with Crippen LogP contribution in [0, 0.1) is 0 Å². The Morgan fingerprint density at radius 3 is 3.00 bits per heavy atom. The Kier molecular flexibility index (Phi) is 3.89. The van der Waals surface area contributed by atoms with Crippen LogP contribution < -0.4 is 5.32 Å². The van der Waals surface area contributed by atoms with E-state index in [4.69, 9.17) is 4.74 Å². The molecule has 2 atom stereocenters. The maximum Gasteiger partial charge on any atom is 0.0722 e. The Hall–Kier alpha value is -1.75. The van der Waals surface area contributed by atoms with Crippen LogP contribution in [0.25, 0.3) is 0 Å². The Bertz CT molecular complexity index is 631. The molecule has 2 aliphatic rings. The third-order valence-electron chi connectivity index (χ3n) is 4.69. The van der Waals surface area contributed by atoms with E-state index >= 15 is 0 Å². The molecule has 0 spiro atoms. The van der Waals surface area contributed by atoms with Gasteiger partial charge in [-0.3, -0.25) is 9.88 Å². The number of hydrogen-bond donors (Lipinski definition) is 1. The zero-order valence-corrected chi connectivity index (χ0v) is 12.6. The van der Waals surface area contributed by atoms with Crippen LogP contribution in [0.3, 0.4) is 0 Å². The number of benzene rings is 1. The molecular weight excluding hydrogens is 274 g/mol. The fourth-order valence-corrected chi connectivity index (χ4v) is 3.50. The van der Waals surface area contributed by atoms with Gasteiger partial charge in [-0.1, -0.05) is 30.3 Å². The summed E-state index contributed by atoms with van der Waals surface area (Å²) in [5.74, 6) is 0. The van der Waals surface area contributed by atoms with Crippen molar-refractivity contribution in [1.29, 1.82) is 0 Å². The van der Waals surface area contributed by atoms with Crippen LogP contribution in [-0.2, 0) is 11.3 Å². The van der Waals surface area contributed by atoms with Crippen LogP contribution in [0.15, 0.2) is 48.8 Å². The summed E-state index contributed by atoms with van der Waals surface area (Å²) in [7, 11) is 0. The van der Waals surface area contributed by atoms with Gasteiger partial charge < -0.3 is 10.1 Å². The highest BCUT2D eigenvalue weighted by molar-refractivity contribution is 5.28. The van der Waals surface area contributed by atoms with Gasteiger partial charge in [-0.05, 0) is 22.8 Å². The SMILES string of the molecule is c1ccc([C@@H]2CN(C3COCc4ccncc43)CCN2)cc1. The summed E-state index contributed by atoms with van der Waals surface area (Å²) in [6.45, 7) is 4.53. The molecular formula is C18H21N3O. The first-order valence-corrected chi connectivity index (χ1v) is 7.95. The summed E-state index contributed by atoms with van der Waals surface area (Å²) in [6, 6.07) is 13.5. The van der Waals surface area contributed by atoms with Crippen molar-refractivity contribution in [3.05, 3.63) is 65.5 Å². The van der Waals surface area contributed by atoms with Gasteiger partial charge in [-0.15, -0.1) is 0 Å². The molecule has 0 bridgehead atoms. The van der Waals surface area contributed by atoms with Crippen molar-refractivity contribution in [2.24, 2.45) is 0 Å². The topological polar surface area (TPSA) is 37.4 Å². The number of fused-ring (bicyclic) bond motifs is 1. The second kappa shape index (κ2) is 6.16. The Morgan fingerprint density at radius 1 is 1.18 bits per heavy atom. The van der Waals surface area contributed by atoms with Crippen molar-refractivity contribution in [2.75, 3.05) is 26.2 Å². The minimum atomic E-state index is 0.325. The van der Waals surface area contributed by atoms with Crippen LogP contribution >= 0.6 is 0 Å². The number of pyridine rings is 1. The van der Waals surface area contributed by atoms with Gasteiger partial charge in [0.2, 0.25) is 0 Å². The first-order valence-electron chi connectivity index (χ1n) is 7.95. The molecule has 1 aromatic heterocycles. The molecule has 1 unspecified atom stereocenters. The lowest BCUT2D eigenvalue weighted by Gasteiger charge is -2.41. The maximum atomic E-state index is 5.81. The van der Waals surface area contributed by atoms with Crippen LogP contribution in [0.2, 0.25) is 0 Å². The molecule has 4 nitrogen and oxygen atoms in total. The van der Waals surface area contributed by atoms with Crippen LogP contribution in [0.5, 0.6) is 0 Å². The van der Waals surface area contributed by atoms with E-state index in [0.29, 0.717) is 18.7 Å². The van der Waals surface area contributed by atoms with Gasteiger partial charge in [0.05, 0.1) is 19.3 Å². The minimum absolute atomic E-state index is 0.325. The summed E-state index contributed by atoms with van der Waals surface area (Å²) in [4.78, 5) is 6.86. The number of ether oxygens (including phenoxy) is 1. The van der Waals surface area contributed by atoms with Gasteiger partial charge in [0.25, 0.3) is 0 Å². The van der Waals surface area contributed by atoms with Crippen molar-refractivity contribution >= 4 is 0 Å². The van der Waals surface area contributed by atoms with E-state index in [0.717, 1.165) is 26.2 Å². The van der Waals surface area contributed by atoms with Crippen molar-refractivity contribution in [1.82, 2.24) is 15.2 Å². The average Bonchev–Trinajstić information content (AvgIpc) is 2.62. The quantitative estimate of drug-likeness (QED) is 0.922. The summed E-state index contributed by atoms with van der Waals surface area (Å²) in [5, 5.41) is 3.63. The first-order chi connectivity index (χ1) is 10.9. The van der Waals surface area contributed by atoms with Crippen molar-refractivity contribution in [3.8, 4) is 0 Å². The van der Waals surface area contributed by atoms with E-state index in [2.05, 4.69) is 51.6 Å². The van der Waals surface area contributed by atoms with Gasteiger partial charge in [0, 0.05) is 38.1 Å². The van der Waals surface area contributed by atoms with E-state index in [1.807, 2.05) is 12.4 Å². The molecule has 0 amide bonds. The average molecular weight is 295 g/mol. The van der Waals surface area contributed by atoms with Crippen molar-refractivity contribution in [2.45, 2.75) is 18.7 Å². The third-order valence-corrected chi connectivity index (χ3v) is 4.69. The lowest BCUT2D eigenvalue weighted by Crippen LogP contribution is -2.48. The minimum Gasteiger partial charge on any atom is -0.375 e. The van der Waals surface area contributed by atoms with Gasteiger partial charge in [0.1, 0.15) is 0 Å². The third kappa shape index (κ3) is 2.65. The lowest BCUT2D eigenvalue weighted by atomic mass is 9.97. The molecule has 0 saturated carbocycles. The smallest absolute Gasteiger partial charge is 0.0722 e. The van der Waals surface area contributed by atoms with Crippen molar-refractivity contribution in [3.63, 3.8) is 0 Å². The van der Waals surface area contributed by atoms with E-state index in [-0.39, 0.29) is 0 Å². The molecule has 1 fully saturated rings. The number of rotatable bonds is 2. The van der Waals surface area contributed by atoms with E-state index in [9.17, 15) is 0 Å². The number of aromatic nitrogens is 1. The van der Waals surface area contributed by atoms with E-state index in [1.54, 1.807) is 0 Å². The Morgan fingerprint density at radius 2 is 2.09 bits per heavy atom. The summed E-state index contributed by atoms with van der Waals surface area (Å²) in [5.41, 5.74) is 3.97. The number of piperazine rings is 1. The number of nitrogens with zero attached hydrogens (tertiary/aromatic N) is 2. The highest BCUT2D eigenvalue weighted by atomic mass is 16.5. The molecule has 1 aromatic carbocycles. The van der Waals surface area contributed by atoms with E-state index < -0.39 is 0 Å². The molecule has 1 N–H and O–H groups in total. The molecule has 2 aromatic rings. The lowest BCUT2D eigenvalue weighted by molar-refractivity contribution is 0.0204. The van der Waals surface area contributed by atoms with Crippen LogP contribution in [0.4, 0.5) is 0 Å². The second-order valence-electron chi connectivity index (χ2n) is 6.02. The molecule has 1 saturated heterocycles. The van der Waals surface area contributed by atoms with Crippen LogP contribution in [0.1, 0.15) is 28.8 Å². The normalized spacial score (nSPS) is 25.6. The highest BCUT2D eigenvalue weighted by Crippen LogP contribution is 2.31. The molecule has 22 heavy (non-hydrogen) atoms. The predicted molar refractivity (Wildman–Crippen MR) is 85.4 cm³/mol. The monoisotopic (exact) mass is 295 g/mol. The van der Waals surface area contributed by atoms with Gasteiger partial charge in [0.15, 0.2) is 0 Å². The zero-order valence-electron chi connectivity index (χ0n) is 12.6. The standard InChI is InChI=1S/C18H21N3O/c1-2-4-14(5-3-1)17-11-21(9-8-20-17)18-13-22-12-15-6-7-19-10-16(15)18/h1-7,10,17-18,20H,8-9,11-13H2/t17-,18?/m0/s1. The molecule has 4 rings (SSSR count). The van der Waals surface area contributed by atoms with E-state index in [1.165, 1.54) is 16.7 Å². The predicted octanol–water partition coefficient (Wildman–Crippen LogP) is 2.30.